The van der Waals surface area contributed by atoms with Gasteiger partial charge in [0.1, 0.15) is 6.61 Å². The van der Waals surface area contributed by atoms with Gasteiger partial charge in [0.15, 0.2) is 6.10 Å². The number of rotatable bonds is 57. The van der Waals surface area contributed by atoms with Crippen LogP contribution in [0.3, 0.4) is 0 Å². The third kappa shape index (κ3) is 68.5. The van der Waals surface area contributed by atoms with Crippen molar-refractivity contribution in [2.75, 3.05) is 13.2 Å². The highest BCUT2D eigenvalue weighted by Gasteiger charge is 2.16. The zero-order chi connectivity index (χ0) is 60.5. The first kappa shape index (κ1) is 78.0. The van der Waals surface area contributed by atoms with Gasteiger partial charge in [-0.3, -0.25) is 9.59 Å². The molecule has 0 fully saturated rings. The Bertz CT molecular complexity index is 2080. The summed E-state index contributed by atoms with van der Waals surface area (Å²) in [5, 5.41) is 9.69. The summed E-state index contributed by atoms with van der Waals surface area (Å²) in [6.07, 6.45) is 117. The van der Waals surface area contributed by atoms with Crippen LogP contribution >= 0.6 is 0 Å². The van der Waals surface area contributed by atoms with Crippen LogP contribution in [0.1, 0.15) is 232 Å². The summed E-state index contributed by atoms with van der Waals surface area (Å²) in [4.78, 5) is 24.6. The van der Waals surface area contributed by atoms with E-state index in [4.69, 9.17) is 9.47 Å². The molecule has 0 heterocycles. The zero-order valence-electron chi connectivity index (χ0n) is 53.1. The van der Waals surface area contributed by atoms with E-state index in [1.165, 1.54) is 32.1 Å². The predicted molar refractivity (Wildman–Crippen MR) is 370 cm³/mol. The number of allylic oxidation sites excluding steroid dienone is 38. The Labute approximate surface area is 515 Å². The zero-order valence-corrected chi connectivity index (χ0v) is 53.1. The Kier molecular flexibility index (Phi) is 66.1. The van der Waals surface area contributed by atoms with E-state index in [0.29, 0.717) is 12.8 Å². The van der Waals surface area contributed by atoms with Crippen molar-refractivity contribution in [3.05, 3.63) is 231 Å². The van der Waals surface area contributed by atoms with Crippen LogP contribution in [-0.4, -0.2) is 36.4 Å². The quantitative estimate of drug-likeness (QED) is 0.0373. The minimum absolute atomic E-state index is 0.103. The Morgan fingerprint density at radius 1 is 0.274 bits per heavy atom. The highest BCUT2D eigenvalue weighted by Crippen LogP contribution is 2.13. The number of carbonyl (C=O) groups is 2. The van der Waals surface area contributed by atoms with Crippen molar-refractivity contribution in [3.8, 4) is 0 Å². The van der Waals surface area contributed by atoms with Crippen LogP contribution in [0.2, 0.25) is 0 Å². The monoisotopic (exact) mass is 1150 g/mol. The van der Waals surface area contributed by atoms with Crippen molar-refractivity contribution in [2.45, 2.75) is 238 Å². The second-order valence-electron chi connectivity index (χ2n) is 20.7. The molecule has 0 rings (SSSR count). The number of hydrogen-bond acceptors (Lipinski definition) is 5. The summed E-state index contributed by atoms with van der Waals surface area (Å²) in [5.41, 5.74) is 0. The van der Waals surface area contributed by atoms with Crippen molar-refractivity contribution in [2.24, 2.45) is 0 Å². The number of carbonyl (C=O) groups excluding carboxylic acids is 2. The fraction of sp³-hybridized carbons (Fsp3) is 0.494. The van der Waals surface area contributed by atoms with E-state index in [1.54, 1.807) is 0 Å². The van der Waals surface area contributed by atoms with E-state index in [9.17, 15) is 14.7 Å². The summed E-state index contributed by atoms with van der Waals surface area (Å²) in [6, 6.07) is 0. The van der Waals surface area contributed by atoms with E-state index in [1.807, 2.05) is 0 Å². The van der Waals surface area contributed by atoms with Gasteiger partial charge in [0.25, 0.3) is 0 Å². The summed E-state index contributed by atoms with van der Waals surface area (Å²) < 4.78 is 10.7. The molecule has 464 valence electrons. The van der Waals surface area contributed by atoms with Gasteiger partial charge in [-0.25, -0.2) is 0 Å². The van der Waals surface area contributed by atoms with Gasteiger partial charge in [-0.15, -0.1) is 0 Å². The van der Waals surface area contributed by atoms with Gasteiger partial charge in [0.05, 0.1) is 6.61 Å². The summed E-state index contributed by atoms with van der Waals surface area (Å²) in [6.45, 7) is 3.86. The molecule has 0 saturated carbocycles. The average Bonchev–Trinajstić information content (AvgIpc) is 3.51. The van der Waals surface area contributed by atoms with Crippen LogP contribution in [-0.2, 0) is 19.1 Å². The molecule has 0 saturated heterocycles. The first-order chi connectivity index (χ1) is 41.6. The van der Waals surface area contributed by atoms with E-state index in [2.05, 4.69) is 245 Å². The summed E-state index contributed by atoms with van der Waals surface area (Å²) in [5.74, 6) is -0.658. The Hall–Kier alpha value is -6.04. The molecule has 0 bridgehead atoms. The molecule has 5 heteroatoms. The number of esters is 2. The Morgan fingerprint density at radius 2 is 0.476 bits per heavy atom. The molecule has 0 spiro atoms. The molecule has 0 aliphatic rings. The number of ether oxygens (including phenoxy) is 2. The van der Waals surface area contributed by atoms with Gasteiger partial charge in [0, 0.05) is 12.8 Å². The highest BCUT2D eigenvalue weighted by molar-refractivity contribution is 5.70. The van der Waals surface area contributed by atoms with Crippen molar-refractivity contribution in [1.82, 2.24) is 0 Å². The second-order valence-corrected chi connectivity index (χ2v) is 20.7. The van der Waals surface area contributed by atoms with E-state index in [0.717, 1.165) is 173 Å². The molecule has 0 aromatic rings. The normalized spacial score (nSPS) is 13.8. The molecule has 0 aromatic heterocycles. The number of aliphatic hydroxyl groups excluding tert-OH is 1. The maximum Gasteiger partial charge on any atom is 0.306 e. The molecule has 0 aromatic carbocycles. The number of hydrogen-bond donors (Lipinski definition) is 1. The maximum atomic E-state index is 12.4. The molecule has 0 aliphatic heterocycles. The van der Waals surface area contributed by atoms with E-state index >= 15 is 0 Å². The van der Waals surface area contributed by atoms with Gasteiger partial charge in [-0.1, -0.05) is 290 Å². The molecule has 1 N–H and O–H groups in total. The predicted octanol–water partition coefficient (Wildman–Crippen LogP) is 23.3. The molecule has 1 unspecified atom stereocenters. The van der Waals surface area contributed by atoms with Gasteiger partial charge in [-0.2, -0.15) is 0 Å². The molecule has 0 aliphatic carbocycles. The molecule has 5 nitrogen and oxygen atoms in total. The minimum atomic E-state index is -0.812. The van der Waals surface area contributed by atoms with Crippen LogP contribution in [0.15, 0.2) is 231 Å². The fourth-order valence-electron chi connectivity index (χ4n) is 8.10. The number of unbranched alkanes of at least 4 members (excludes halogenated alkanes) is 11. The minimum Gasteiger partial charge on any atom is -0.462 e. The van der Waals surface area contributed by atoms with Crippen molar-refractivity contribution >= 4 is 11.9 Å². The van der Waals surface area contributed by atoms with Crippen LogP contribution in [0.5, 0.6) is 0 Å². The van der Waals surface area contributed by atoms with Crippen LogP contribution in [0.25, 0.3) is 0 Å². The average molecular weight is 1150 g/mol. The molecule has 1 atom stereocenters. The lowest BCUT2D eigenvalue weighted by atomic mass is 10.1. The van der Waals surface area contributed by atoms with E-state index < -0.39 is 6.10 Å². The first-order valence-electron chi connectivity index (χ1n) is 32.9. The summed E-state index contributed by atoms with van der Waals surface area (Å²) >= 11 is 0. The maximum absolute atomic E-state index is 12.4. The van der Waals surface area contributed by atoms with Gasteiger partial charge < -0.3 is 14.6 Å². The lowest BCUT2D eigenvalue weighted by molar-refractivity contribution is -0.161. The van der Waals surface area contributed by atoms with Crippen molar-refractivity contribution in [3.63, 3.8) is 0 Å². The SMILES string of the molecule is CC/C=C\C/C=C\C/C=C\C/C=C\C/C=C\C/C=C\C/C=C\C/C=C\C/C=C\C/C=C\CCCCCCCCCCC(=O)OC(CO)COC(=O)CCCCC/C=C\C/C=C\C/C=C\C/C=C\C/C=C\C/C=C\C/C=C\C/C=C\C/C=C\CC. The molecule has 0 amide bonds. The van der Waals surface area contributed by atoms with Crippen molar-refractivity contribution in [1.29, 1.82) is 0 Å². The second kappa shape index (κ2) is 71.2. The third-order valence-corrected chi connectivity index (χ3v) is 13.0. The topological polar surface area (TPSA) is 72.8 Å². The van der Waals surface area contributed by atoms with E-state index in [-0.39, 0.29) is 25.2 Å². The Balaban J connectivity index is 3.69. The lowest BCUT2D eigenvalue weighted by Crippen LogP contribution is -2.28. The number of aliphatic hydroxyl groups is 1. The van der Waals surface area contributed by atoms with Crippen LogP contribution in [0, 0.1) is 0 Å². The molecular weight excluding hydrogens is 1030 g/mol. The highest BCUT2D eigenvalue weighted by atomic mass is 16.6. The lowest BCUT2D eigenvalue weighted by Gasteiger charge is -2.15. The van der Waals surface area contributed by atoms with Gasteiger partial charge in [0.2, 0.25) is 0 Å². The van der Waals surface area contributed by atoms with Gasteiger partial charge in [-0.05, 0) is 161 Å². The Morgan fingerprint density at radius 3 is 0.726 bits per heavy atom. The standard InChI is InChI=1S/C79H118O5/c1-3-5-7-9-11-13-15-17-19-21-23-25-27-29-31-33-35-36-37-38-39-40-41-42-44-46-48-50-52-54-56-58-60-62-64-66-68-70-72-74-79(82)84-77(75-80)76-83-78(81)73-71-69-67-65-63-61-59-57-55-53-51-49-47-45-43-34-32-30-28-26-24-22-20-18-16-14-12-10-8-6-4-2/h5-8,11-14,17-20,23-26,29-32,35-36,38-39,41-43,45-46,48-49,51-52,54-55,57,61,63,77,80H,3-4,9-10,15-16,21-22,27-28,33-34,37,40,44,47,50,53,56,58-60,62,64-76H2,1-2H3/b7-5-,8-6-,13-11-,14-12-,19-17-,20-18-,25-23-,26-24-,31-29-,32-30-,36-35-,39-38-,42-41-,45-43-,48-46-,51-49-,54-52-,57-55-,63-61-. The molecular formula is C79H118O5. The van der Waals surface area contributed by atoms with Gasteiger partial charge >= 0.3 is 11.9 Å². The molecule has 84 heavy (non-hydrogen) atoms. The first-order valence-corrected chi connectivity index (χ1v) is 32.9. The molecule has 0 radical (unpaired) electrons. The summed E-state index contributed by atoms with van der Waals surface area (Å²) in [7, 11) is 0. The van der Waals surface area contributed by atoms with Crippen LogP contribution < -0.4 is 0 Å². The van der Waals surface area contributed by atoms with Crippen LogP contribution in [0.4, 0.5) is 0 Å². The largest absolute Gasteiger partial charge is 0.462 e. The van der Waals surface area contributed by atoms with Crippen molar-refractivity contribution < 1.29 is 24.2 Å². The fourth-order valence-corrected chi connectivity index (χ4v) is 8.10. The smallest absolute Gasteiger partial charge is 0.306 e. The third-order valence-electron chi connectivity index (χ3n) is 13.0.